The van der Waals surface area contributed by atoms with Crippen molar-refractivity contribution in [1.82, 2.24) is 29.7 Å². The van der Waals surface area contributed by atoms with Gasteiger partial charge in [0.2, 0.25) is 5.82 Å². The van der Waals surface area contributed by atoms with Gasteiger partial charge in [-0.25, -0.2) is 9.18 Å². The highest BCUT2D eigenvalue weighted by atomic mass is 19.4. The van der Waals surface area contributed by atoms with Crippen LogP contribution in [0.3, 0.4) is 0 Å². The van der Waals surface area contributed by atoms with Crippen LogP contribution in [0.2, 0.25) is 0 Å². The van der Waals surface area contributed by atoms with Gasteiger partial charge in [0, 0.05) is 30.0 Å². The van der Waals surface area contributed by atoms with E-state index in [-0.39, 0.29) is 41.8 Å². The third-order valence-corrected chi connectivity index (χ3v) is 5.44. The number of hydrogen-bond acceptors (Lipinski definition) is 9. The first-order chi connectivity index (χ1) is 18.8. The monoisotopic (exact) mass is 546 g/mol. The Labute approximate surface area is 216 Å². The van der Waals surface area contributed by atoms with Crippen LogP contribution in [0.5, 0.6) is 5.88 Å². The Hall–Kier alpha value is -4.63. The van der Waals surface area contributed by atoms with E-state index in [1.807, 2.05) is 0 Å². The summed E-state index contributed by atoms with van der Waals surface area (Å²) >= 11 is 0. The minimum Gasteiger partial charge on any atom is -0.398 e. The summed E-state index contributed by atoms with van der Waals surface area (Å²) in [7, 11) is 1.50. The van der Waals surface area contributed by atoms with Crippen molar-refractivity contribution in [1.29, 1.82) is 0 Å². The molecule has 5 aromatic rings. The molecule has 0 saturated carbocycles. The molecule has 39 heavy (non-hydrogen) atoms. The lowest BCUT2D eigenvalue weighted by Crippen LogP contribution is -2.28. The first kappa shape index (κ1) is 26.0. The number of aromatic amines is 1. The summed E-state index contributed by atoms with van der Waals surface area (Å²) in [5, 5.41) is 10.6. The Bertz CT molecular complexity index is 1630. The Morgan fingerprint density at radius 2 is 1.92 bits per heavy atom. The first-order valence-corrected chi connectivity index (χ1v) is 11.3. The number of halogens is 4. The molecule has 0 aliphatic rings. The number of benzene rings is 1. The molecular weight excluding hydrogens is 528 g/mol. The van der Waals surface area contributed by atoms with Crippen LogP contribution < -0.4 is 4.74 Å². The number of hydrogen-bond donors (Lipinski definition) is 1. The number of aromatic nitrogens is 6. The number of rotatable bonds is 9. The normalized spacial score (nSPS) is 11.8. The molecule has 1 N–H and O–H groups in total. The number of methoxy groups -OCH3 is 1. The summed E-state index contributed by atoms with van der Waals surface area (Å²) in [5.74, 6) is -3.85. The summed E-state index contributed by atoms with van der Waals surface area (Å²) in [4.78, 5) is 19.8. The average molecular weight is 546 g/mol. The van der Waals surface area contributed by atoms with Gasteiger partial charge in [0.05, 0.1) is 25.1 Å². The van der Waals surface area contributed by atoms with Crippen molar-refractivity contribution in [3.05, 3.63) is 60.5 Å². The van der Waals surface area contributed by atoms with Gasteiger partial charge in [0.1, 0.15) is 18.1 Å². The molecule has 4 aromatic heterocycles. The van der Waals surface area contributed by atoms with Crippen LogP contribution in [0, 0.1) is 5.82 Å². The lowest BCUT2D eigenvalue weighted by atomic mass is 10.0. The summed E-state index contributed by atoms with van der Waals surface area (Å²) in [5.41, 5.74) is 1.51. The van der Waals surface area contributed by atoms with E-state index in [2.05, 4.69) is 30.1 Å². The lowest BCUT2D eigenvalue weighted by molar-refractivity contribution is -0.189. The van der Waals surface area contributed by atoms with Crippen LogP contribution in [0.15, 0.2) is 53.3 Å². The van der Waals surface area contributed by atoms with Crippen LogP contribution in [-0.4, -0.2) is 62.2 Å². The van der Waals surface area contributed by atoms with Crippen molar-refractivity contribution < 1.29 is 41.1 Å². The minimum absolute atomic E-state index is 0.0111. The molecule has 0 bridgehead atoms. The van der Waals surface area contributed by atoms with E-state index < -0.39 is 23.8 Å². The summed E-state index contributed by atoms with van der Waals surface area (Å²) in [6.45, 7) is 0.450. The molecule has 15 heteroatoms. The molecule has 0 aliphatic carbocycles. The van der Waals surface area contributed by atoms with E-state index >= 15 is 0 Å². The fourth-order valence-electron chi connectivity index (χ4n) is 3.69. The van der Waals surface area contributed by atoms with Crippen LogP contribution in [0.25, 0.3) is 39.5 Å². The summed E-state index contributed by atoms with van der Waals surface area (Å²) < 4.78 is 74.7. The van der Waals surface area contributed by atoms with E-state index in [1.165, 1.54) is 36.0 Å². The first-order valence-electron chi connectivity index (χ1n) is 11.3. The standard InChI is InChI=1S/C24H18F4N6O5/c1-36-8-9-37-12-18-31-21(33-39-18)20-22(38-23(35)24(26,27)28)30-17-7-6-13(11-34(17)20)15-10-29-32-19(15)14-4-2-3-5-16(14)25/h2-7,10-11H,8-9,12H2,1H3,(H,29,32). The maximum Gasteiger partial charge on any atom is 0.491 e. The molecular formula is C24H18F4N6O5. The zero-order chi connectivity index (χ0) is 27.6. The Kier molecular flexibility index (Phi) is 7.08. The van der Waals surface area contributed by atoms with Crippen molar-refractivity contribution >= 4 is 11.6 Å². The van der Waals surface area contributed by atoms with E-state index in [1.54, 1.807) is 24.3 Å². The number of fused-ring (bicyclic) bond motifs is 1. The predicted octanol–water partition coefficient (Wildman–Crippen LogP) is 4.21. The number of carbonyl (C=O) groups excluding carboxylic acids is 1. The summed E-state index contributed by atoms with van der Waals surface area (Å²) in [6.07, 6.45) is -2.32. The second-order valence-corrected chi connectivity index (χ2v) is 7.99. The molecule has 4 heterocycles. The van der Waals surface area contributed by atoms with Gasteiger partial charge in [0.25, 0.3) is 11.8 Å². The molecule has 0 unspecified atom stereocenters. The molecule has 0 fully saturated rings. The lowest BCUT2D eigenvalue weighted by Gasteiger charge is -2.07. The zero-order valence-corrected chi connectivity index (χ0v) is 20.0. The second kappa shape index (κ2) is 10.6. The zero-order valence-electron chi connectivity index (χ0n) is 20.0. The van der Waals surface area contributed by atoms with Gasteiger partial charge in [-0.05, 0) is 24.3 Å². The smallest absolute Gasteiger partial charge is 0.398 e. The number of esters is 1. The van der Waals surface area contributed by atoms with Crippen molar-refractivity contribution in [2.45, 2.75) is 12.8 Å². The number of imidazole rings is 1. The third kappa shape index (κ3) is 5.35. The van der Waals surface area contributed by atoms with Gasteiger partial charge in [-0.2, -0.15) is 28.2 Å². The molecule has 0 saturated heterocycles. The number of ether oxygens (including phenoxy) is 3. The van der Waals surface area contributed by atoms with Gasteiger partial charge in [-0.15, -0.1) is 0 Å². The molecule has 0 radical (unpaired) electrons. The molecule has 0 aliphatic heterocycles. The largest absolute Gasteiger partial charge is 0.491 e. The quantitative estimate of drug-likeness (QED) is 0.164. The molecule has 11 nitrogen and oxygen atoms in total. The van der Waals surface area contributed by atoms with Crippen molar-refractivity contribution in [3.63, 3.8) is 0 Å². The predicted molar refractivity (Wildman–Crippen MR) is 125 cm³/mol. The maximum absolute atomic E-state index is 14.5. The van der Waals surface area contributed by atoms with E-state index in [9.17, 15) is 22.4 Å². The average Bonchev–Trinajstić information content (AvgIpc) is 3.64. The minimum atomic E-state index is -5.28. The van der Waals surface area contributed by atoms with Gasteiger partial charge in [-0.1, -0.05) is 17.3 Å². The molecule has 1 aromatic carbocycles. The van der Waals surface area contributed by atoms with Crippen molar-refractivity contribution in [2.75, 3.05) is 20.3 Å². The van der Waals surface area contributed by atoms with Crippen LogP contribution >= 0.6 is 0 Å². The van der Waals surface area contributed by atoms with E-state index in [0.717, 1.165) is 0 Å². The topological polar surface area (TPSA) is 130 Å². The Morgan fingerprint density at radius 3 is 2.69 bits per heavy atom. The molecule has 0 amide bonds. The van der Waals surface area contributed by atoms with E-state index in [4.69, 9.17) is 14.0 Å². The van der Waals surface area contributed by atoms with Crippen molar-refractivity contribution in [3.8, 4) is 39.8 Å². The van der Waals surface area contributed by atoms with Crippen LogP contribution in [-0.2, 0) is 20.9 Å². The highest BCUT2D eigenvalue weighted by Gasteiger charge is 2.42. The molecule has 0 atom stereocenters. The highest BCUT2D eigenvalue weighted by Crippen LogP contribution is 2.35. The van der Waals surface area contributed by atoms with Crippen molar-refractivity contribution in [2.24, 2.45) is 0 Å². The Balaban J connectivity index is 1.59. The van der Waals surface area contributed by atoms with Crippen LogP contribution in [0.1, 0.15) is 5.89 Å². The fourth-order valence-corrected chi connectivity index (χ4v) is 3.69. The van der Waals surface area contributed by atoms with E-state index in [0.29, 0.717) is 23.4 Å². The molecule has 0 spiro atoms. The highest BCUT2D eigenvalue weighted by molar-refractivity contribution is 5.82. The SMILES string of the molecule is COCCOCc1nc(-c2c(OC(=O)C(F)(F)F)nc3ccc(-c4cn[nH]c4-c4ccccc4F)cn23)no1. The van der Waals surface area contributed by atoms with Gasteiger partial charge in [-0.3, -0.25) is 9.50 Å². The number of H-pyrrole nitrogens is 1. The number of nitrogens with one attached hydrogen (secondary N) is 1. The Morgan fingerprint density at radius 1 is 1.10 bits per heavy atom. The number of nitrogens with zero attached hydrogens (tertiary/aromatic N) is 5. The van der Waals surface area contributed by atoms with Gasteiger partial charge < -0.3 is 18.7 Å². The fraction of sp³-hybridized carbons (Fsp3) is 0.208. The molecule has 5 rings (SSSR count). The second-order valence-electron chi connectivity index (χ2n) is 7.99. The van der Waals surface area contributed by atoms with Gasteiger partial charge in [0.15, 0.2) is 5.69 Å². The maximum atomic E-state index is 14.5. The number of pyridine rings is 1. The van der Waals surface area contributed by atoms with Gasteiger partial charge >= 0.3 is 12.1 Å². The summed E-state index contributed by atoms with van der Waals surface area (Å²) in [6, 6.07) is 9.14. The van der Waals surface area contributed by atoms with Crippen LogP contribution in [0.4, 0.5) is 17.6 Å². The number of alkyl halides is 3. The third-order valence-electron chi connectivity index (χ3n) is 5.44. The molecule has 202 valence electrons. The number of carbonyl (C=O) groups is 1.